The van der Waals surface area contributed by atoms with Gasteiger partial charge in [0.15, 0.2) is 0 Å². The zero-order valence-corrected chi connectivity index (χ0v) is 15.7. The predicted octanol–water partition coefficient (Wildman–Crippen LogP) is 4.60. The van der Waals surface area contributed by atoms with E-state index in [2.05, 4.69) is 40.5 Å². The van der Waals surface area contributed by atoms with Crippen molar-refractivity contribution in [2.75, 3.05) is 13.6 Å². The topological polar surface area (TPSA) is 49.0 Å². The first-order valence-corrected chi connectivity index (χ1v) is 9.73. The molecule has 26 heavy (non-hydrogen) atoms. The molecule has 1 atom stereocenters. The maximum absolute atomic E-state index is 12.4. The Morgan fingerprint density at radius 3 is 2.81 bits per heavy atom. The van der Waals surface area contributed by atoms with Crippen LogP contribution in [0.15, 0.2) is 48.6 Å². The number of allylic oxidation sites excluding steroid dienone is 2. The average molecular weight is 351 g/mol. The van der Waals surface area contributed by atoms with E-state index in [9.17, 15) is 4.79 Å². The first kappa shape index (κ1) is 18.4. The fourth-order valence-electron chi connectivity index (χ4n) is 3.53. The van der Waals surface area contributed by atoms with Gasteiger partial charge in [-0.15, -0.1) is 0 Å². The van der Waals surface area contributed by atoms with Crippen LogP contribution < -0.4 is 0 Å². The van der Waals surface area contributed by atoms with Crippen LogP contribution in [-0.2, 0) is 11.2 Å². The summed E-state index contributed by atoms with van der Waals surface area (Å²) in [5.41, 5.74) is 3.34. The van der Waals surface area contributed by atoms with Gasteiger partial charge in [-0.25, -0.2) is 0 Å². The molecule has 1 heterocycles. The summed E-state index contributed by atoms with van der Waals surface area (Å²) < 4.78 is 0. The lowest BCUT2D eigenvalue weighted by Gasteiger charge is -2.24. The fourth-order valence-corrected chi connectivity index (χ4v) is 3.53. The van der Waals surface area contributed by atoms with Crippen LogP contribution >= 0.6 is 0 Å². The number of amides is 1. The molecule has 0 bridgehead atoms. The van der Waals surface area contributed by atoms with E-state index in [-0.39, 0.29) is 5.92 Å². The van der Waals surface area contributed by atoms with Gasteiger partial charge in [0, 0.05) is 30.8 Å². The molecule has 1 aliphatic rings. The van der Waals surface area contributed by atoms with Gasteiger partial charge in [0.2, 0.25) is 5.91 Å². The third-order valence-corrected chi connectivity index (χ3v) is 5.13. The quantitative estimate of drug-likeness (QED) is 0.558. The minimum absolute atomic E-state index is 0.200. The number of carbonyl (C=O) groups excluding carboxylic acids is 1. The first-order valence-electron chi connectivity index (χ1n) is 9.73. The van der Waals surface area contributed by atoms with E-state index < -0.39 is 0 Å². The molecule has 0 radical (unpaired) electrons. The van der Waals surface area contributed by atoms with Crippen LogP contribution in [0.5, 0.6) is 0 Å². The second kappa shape index (κ2) is 9.37. The summed E-state index contributed by atoms with van der Waals surface area (Å²) >= 11 is 0. The van der Waals surface area contributed by atoms with E-state index in [1.54, 1.807) is 0 Å². The van der Waals surface area contributed by atoms with Crippen LogP contribution in [0.2, 0.25) is 0 Å². The highest BCUT2D eigenvalue weighted by atomic mass is 16.2. The van der Waals surface area contributed by atoms with Crippen molar-refractivity contribution in [1.29, 1.82) is 0 Å². The minimum atomic E-state index is 0.200. The summed E-state index contributed by atoms with van der Waals surface area (Å²) in [5, 5.41) is 7.55. The van der Waals surface area contributed by atoms with E-state index in [0.29, 0.717) is 5.91 Å². The minimum Gasteiger partial charge on any atom is -0.346 e. The Labute approximate surface area is 156 Å². The van der Waals surface area contributed by atoms with E-state index >= 15 is 0 Å². The molecule has 2 aromatic rings. The van der Waals surface area contributed by atoms with Gasteiger partial charge >= 0.3 is 0 Å². The number of aromatic amines is 1. The van der Waals surface area contributed by atoms with Crippen LogP contribution in [0.1, 0.15) is 44.2 Å². The summed E-state index contributed by atoms with van der Waals surface area (Å²) in [7, 11) is 1.95. The van der Waals surface area contributed by atoms with Gasteiger partial charge in [-0.2, -0.15) is 5.10 Å². The molecule has 3 rings (SSSR count). The Hall–Kier alpha value is -2.36. The zero-order chi connectivity index (χ0) is 18.2. The molecule has 0 aliphatic heterocycles. The molecule has 1 unspecified atom stereocenters. The first-order chi connectivity index (χ1) is 12.7. The number of aryl methyl sites for hydroxylation is 1. The lowest BCUT2D eigenvalue weighted by Crippen LogP contribution is -2.34. The van der Waals surface area contributed by atoms with Crippen LogP contribution in [0, 0.1) is 5.92 Å². The molecular formula is C22H29N3O. The molecule has 4 heteroatoms. The molecule has 0 saturated heterocycles. The standard InChI is InChI=1S/C22H29N3O/c1-25(22(26)19-13-7-3-8-14-19)16-10-4-9-15-20-17-21(24-23-20)18-11-5-2-6-12-18/h2-3,5-7,11-12,17,19H,4,8-10,13-16H2,1H3,(H,23,24). The van der Waals surface area contributed by atoms with Gasteiger partial charge in [-0.1, -0.05) is 48.9 Å². The van der Waals surface area contributed by atoms with Crippen molar-refractivity contribution in [1.82, 2.24) is 15.1 Å². The van der Waals surface area contributed by atoms with Gasteiger partial charge in [0.25, 0.3) is 0 Å². The summed E-state index contributed by atoms with van der Waals surface area (Å²) in [6.07, 6.45) is 11.6. The summed E-state index contributed by atoms with van der Waals surface area (Å²) in [6.45, 7) is 0.858. The van der Waals surface area contributed by atoms with E-state index in [4.69, 9.17) is 0 Å². The molecule has 1 amide bonds. The second-order valence-corrected chi connectivity index (χ2v) is 7.20. The Kier molecular flexibility index (Phi) is 6.64. The summed E-state index contributed by atoms with van der Waals surface area (Å²) in [5.74, 6) is 0.516. The molecular weight excluding hydrogens is 322 g/mol. The number of rotatable bonds is 8. The van der Waals surface area contributed by atoms with Crippen LogP contribution in [0.3, 0.4) is 0 Å². The number of nitrogens with one attached hydrogen (secondary N) is 1. The average Bonchev–Trinajstić information content (AvgIpc) is 3.17. The number of unbranched alkanes of at least 4 members (excludes halogenated alkanes) is 2. The third kappa shape index (κ3) is 5.07. The number of carbonyl (C=O) groups is 1. The predicted molar refractivity (Wildman–Crippen MR) is 106 cm³/mol. The highest BCUT2D eigenvalue weighted by Gasteiger charge is 2.21. The largest absolute Gasteiger partial charge is 0.346 e. The number of aromatic nitrogens is 2. The molecule has 138 valence electrons. The molecule has 0 spiro atoms. The smallest absolute Gasteiger partial charge is 0.225 e. The highest BCUT2D eigenvalue weighted by molar-refractivity contribution is 5.78. The van der Waals surface area contributed by atoms with Crippen molar-refractivity contribution in [2.24, 2.45) is 5.92 Å². The number of benzene rings is 1. The van der Waals surface area contributed by atoms with Gasteiger partial charge in [0.05, 0.1) is 5.69 Å². The van der Waals surface area contributed by atoms with Crippen LogP contribution in [0.4, 0.5) is 0 Å². The lowest BCUT2D eigenvalue weighted by molar-refractivity contribution is -0.134. The van der Waals surface area contributed by atoms with Gasteiger partial charge in [-0.3, -0.25) is 9.89 Å². The zero-order valence-electron chi connectivity index (χ0n) is 15.7. The van der Waals surface area contributed by atoms with E-state index in [1.165, 1.54) is 5.69 Å². The van der Waals surface area contributed by atoms with Crippen LogP contribution in [0.25, 0.3) is 11.3 Å². The van der Waals surface area contributed by atoms with E-state index in [1.807, 2.05) is 30.1 Å². The van der Waals surface area contributed by atoms with Gasteiger partial charge in [-0.05, 0) is 44.6 Å². The van der Waals surface area contributed by atoms with Crippen molar-refractivity contribution in [2.45, 2.75) is 44.9 Å². The maximum atomic E-state index is 12.4. The second-order valence-electron chi connectivity index (χ2n) is 7.20. The van der Waals surface area contributed by atoms with Gasteiger partial charge < -0.3 is 4.90 Å². The third-order valence-electron chi connectivity index (χ3n) is 5.13. The van der Waals surface area contributed by atoms with Crippen molar-refractivity contribution < 1.29 is 4.79 Å². The molecule has 0 fully saturated rings. The number of H-pyrrole nitrogens is 1. The van der Waals surface area contributed by atoms with Gasteiger partial charge in [0.1, 0.15) is 0 Å². The molecule has 1 aliphatic carbocycles. The molecule has 1 aromatic heterocycles. The monoisotopic (exact) mass is 351 g/mol. The Morgan fingerprint density at radius 1 is 1.19 bits per heavy atom. The Balaban J connectivity index is 1.35. The highest BCUT2D eigenvalue weighted by Crippen LogP contribution is 2.21. The number of hydrogen-bond acceptors (Lipinski definition) is 2. The summed E-state index contributed by atoms with van der Waals surface area (Å²) in [6, 6.07) is 12.4. The number of nitrogens with zero attached hydrogens (tertiary/aromatic N) is 2. The summed E-state index contributed by atoms with van der Waals surface area (Å²) in [4.78, 5) is 14.3. The van der Waals surface area contributed by atoms with E-state index in [0.717, 1.165) is 62.7 Å². The van der Waals surface area contributed by atoms with Crippen molar-refractivity contribution in [3.63, 3.8) is 0 Å². The molecule has 0 saturated carbocycles. The molecule has 1 aromatic carbocycles. The Bertz CT molecular complexity index is 720. The Morgan fingerprint density at radius 2 is 2.04 bits per heavy atom. The normalized spacial score (nSPS) is 16.6. The number of hydrogen-bond donors (Lipinski definition) is 1. The molecule has 1 N–H and O–H groups in total. The van der Waals surface area contributed by atoms with Crippen molar-refractivity contribution in [3.05, 3.63) is 54.2 Å². The maximum Gasteiger partial charge on any atom is 0.225 e. The molecule has 4 nitrogen and oxygen atoms in total. The van der Waals surface area contributed by atoms with Crippen molar-refractivity contribution in [3.8, 4) is 11.3 Å². The van der Waals surface area contributed by atoms with Crippen LogP contribution in [-0.4, -0.2) is 34.6 Å². The lowest BCUT2D eigenvalue weighted by atomic mass is 9.93. The SMILES string of the molecule is CN(CCCCCc1cc(-c2ccccc2)n[nH]1)C(=O)C1CC=CCC1. The van der Waals surface area contributed by atoms with Crippen molar-refractivity contribution >= 4 is 5.91 Å². The fraction of sp³-hybridized carbons (Fsp3) is 0.455.